The number of unbranched alkanes of at least 4 members (excludes halogenated alkanes) is 1. The largest absolute Gasteiger partial charge is 0.384 e. The third-order valence-corrected chi connectivity index (χ3v) is 3.94. The number of hydrogen-bond donors (Lipinski definition) is 2. The van der Waals surface area contributed by atoms with Crippen molar-refractivity contribution in [1.82, 2.24) is 4.72 Å². The molecule has 0 fully saturated rings. The zero-order valence-corrected chi connectivity index (χ0v) is 11.8. The normalized spacial score (nSPS) is 10.8. The molecule has 0 aliphatic rings. The Labute approximate surface area is 114 Å². The van der Waals surface area contributed by atoms with Gasteiger partial charge in [-0.2, -0.15) is 0 Å². The van der Waals surface area contributed by atoms with Gasteiger partial charge < -0.3 is 5.11 Å². The topological polar surface area (TPSA) is 66.4 Å². The molecule has 0 heterocycles. The van der Waals surface area contributed by atoms with Crippen LogP contribution in [0.15, 0.2) is 24.3 Å². The zero-order chi connectivity index (χ0) is 14.1. The highest BCUT2D eigenvalue weighted by atomic mass is 32.2. The average molecular weight is 281 g/mol. The maximum Gasteiger partial charge on any atom is 0.211 e. The molecule has 0 saturated carbocycles. The highest BCUT2D eigenvalue weighted by Gasteiger charge is 2.08. The number of benzene rings is 1. The summed E-state index contributed by atoms with van der Waals surface area (Å²) < 4.78 is 25.8. The van der Waals surface area contributed by atoms with E-state index in [-0.39, 0.29) is 12.4 Å². The molecule has 0 amide bonds. The molecule has 0 bridgehead atoms. The van der Waals surface area contributed by atoms with Gasteiger partial charge in [0.2, 0.25) is 10.0 Å². The summed E-state index contributed by atoms with van der Waals surface area (Å²) in [5.74, 6) is 5.51. The van der Waals surface area contributed by atoms with Gasteiger partial charge in [0.15, 0.2) is 0 Å². The summed E-state index contributed by atoms with van der Waals surface area (Å²) >= 11 is 0. The number of sulfonamides is 1. The van der Waals surface area contributed by atoms with E-state index >= 15 is 0 Å². The lowest BCUT2D eigenvalue weighted by Gasteiger charge is -2.06. The lowest BCUT2D eigenvalue weighted by atomic mass is 10.1. The fraction of sp³-hybridized carbons (Fsp3) is 0.429. The summed E-state index contributed by atoms with van der Waals surface area (Å²) in [6.45, 7) is 2.08. The Bertz CT molecular complexity index is 538. The zero-order valence-electron chi connectivity index (χ0n) is 11.0. The van der Waals surface area contributed by atoms with Crippen LogP contribution in [-0.2, 0) is 16.6 Å². The molecule has 0 aliphatic carbocycles. The van der Waals surface area contributed by atoms with E-state index in [9.17, 15) is 8.42 Å². The van der Waals surface area contributed by atoms with Crippen LogP contribution in [0.25, 0.3) is 0 Å². The summed E-state index contributed by atoms with van der Waals surface area (Å²) in [4.78, 5) is 0. The smallest absolute Gasteiger partial charge is 0.211 e. The Kier molecular flexibility index (Phi) is 6.57. The van der Waals surface area contributed by atoms with Crippen molar-refractivity contribution >= 4 is 10.0 Å². The SMILES string of the molecule is CCCCS(=O)(=O)NCc1ccc(C#CCO)cc1. The van der Waals surface area contributed by atoms with Gasteiger partial charge in [-0.1, -0.05) is 37.3 Å². The van der Waals surface area contributed by atoms with Crippen molar-refractivity contribution in [2.45, 2.75) is 26.3 Å². The molecule has 1 aromatic carbocycles. The van der Waals surface area contributed by atoms with Crippen molar-refractivity contribution < 1.29 is 13.5 Å². The minimum absolute atomic E-state index is 0.168. The molecule has 0 spiro atoms. The van der Waals surface area contributed by atoms with Gasteiger partial charge in [0.05, 0.1) is 5.75 Å². The van der Waals surface area contributed by atoms with Gasteiger partial charge >= 0.3 is 0 Å². The molecule has 5 heteroatoms. The molecular weight excluding hydrogens is 262 g/mol. The van der Waals surface area contributed by atoms with Crippen molar-refractivity contribution in [1.29, 1.82) is 0 Å². The minimum Gasteiger partial charge on any atom is -0.384 e. The first kappa shape index (κ1) is 15.7. The summed E-state index contributed by atoms with van der Waals surface area (Å²) in [7, 11) is -3.18. The van der Waals surface area contributed by atoms with Crippen molar-refractivity contribution in [3.63, 3.8) is 0 Å². The van der Waals surface area contributed by atoms with E-state index in [2.05, 4.69) is 16.6 Å². The summed E-state index contributed by atoms with van der Waals surface area (Å²) in [5, 5.41) is 8.58. The first-order chi connectivity index (χ1) is 9.07. The maximum absolute atomic E-state index is 11.6. The fourth-order valence-corrected chi connectivity index (χ4v) is 2.65. The van der Waals surface area contributed by atoms with Crippen molar-refractivity contribution in [2.24, 2.45) is 0 Å². The number of rotatable bonds is 6. The van der Waals surface area contributed by atoms with Crippen LogP contribution in [0.4, 0.5) is 0 Å². The Morgan fingerprint density at radius 2 is 1.95 bits per heavy atom. The Morgan fingerprint density at radius 3 is 2.53 bits per heavy atom. The summed E-state index contributed by atoms with van der Waals surface area (Å²) in [6, 6.07) is 7.25. The van der Waals surface area contributed by atoms with E-state index in [1.54, 1.807) is 12.1 Å². The molecule has 0 aromatic heterocycles. The third-order valence-electron chi connectivity index (χ3n) is 2.53. The van der Waals surface area contributed by atoms with Crippen LogP contribution < -0.4 is 4.72 Å². The molecule has 2 N–H and O–H groups in total. The molecule has 0 radical (unpaired) electrons. The minimum atomic E-state index is -3.18. The first-order valence-corrected chi connectivity index (χ1v) is 7.88. The number of aliphatic hydroxyl groups excluding tert-OH is 1. The summed E-state index contributed by atoms with van der Waals surface area (Å²) in [6.07, 6.45) is 1.53. The van der Waals surface area contributed by atoms with Gasteiger partial charge in [-0.15, -0.1) is 0 Å². The molecule has 0 aliphatic heterocycles. The highest BCUT2D eigenvalue weighted by Crippen LogP contribution is 2.04. The molecule has 104 valence electrons. The van der Waals surface area contributed by atoms with Gasteiger partial charge in [0, 0.05) is 12.1 Å². The van der Waals surface area contributed by atoms with Crippen LogP contribution in [0.5, 0.6) is 0 Å². The quantitative estimate of drug-likeness (QED) is 0.771. The van der Waals surface area contributed by atoms with E-state index in [0.29, 0.717) is 13.0 Å². The van der Waals surface area contributed by atoms with Crippen molar-refractivity contribution in [3.8, 4) is 11.8 Å². The second-order valence-corrected chi connectivity index (χ2v) is 6.08. The monoisotopic (exact) mass is 281 g/mol. The molecule has 0 atom stereocenters. The van der Waals surface area contributed by atoms with Gasteiger partial charge in [-0.3, -0.25) is 0 Å². The Morgan fingerprint density at radius 1 is 1.26 bits per heavy atom. The Balaban J connectivity index is 2.54. The van der Waals surface area contributed by atoms with Gasteiger partial charge in [-0.25, -0.2) is 13.1 Å². The van der Waals surface area contributed by atoms with Gasteiger partial charge in [-0.05, 0) is 24.1 Å². The van der Waals surface area contributed by atoms with Crippen LogP contribution >= 0.6 is 0 Å². The number of hydrogen-bond acceptors (Lipinski definition) is 3. The van der Waals surface area contributed by atoms with Crippen LogP contribution in [0.1, 0.15) is 30.9 Å². The second kappa shape index (κ2) is 7.95. The molecule has 1 rings (SSSR count). The van der Waals surface area contributed by atoms with E-state index in [1.165, 1.54) is 0 Å². The maximum atomic E-state index is 11.6. The van der Waals surface area contributed by atoms with Crippen molar-refractivity contribution in [3.05, 3.63) is 35.4 Å². The summed E-state index contributed by atoms with van der Waals surface area (Å²) in [5.41, 5.74) is 1.68. The second-order valence-electron chi connectivity index (χ2n) is 4.15. The Hall–Kier alpha value is -1.35. The van der Waals surface area contributed by atoms with Crippen LogP contribution in [0.3, 0.4) is 0 Å². The highest BCUT2D eigenvalue weighted by molar-refractivity contribution is 7.89. The number of nitrogens with one attached hydrogen (secondary N) is 1. The third kappa shape index (κ3) is 6.39. The number of aliphatic hydroxyl groups is 1. The fourth-order valence-electron chi connectivity index (χ4n) is 1.45. The lowest BCUT2D eigenvalue weighted by molar-refractivity contribution is 0.350. The first-order valence-electron chi connectivity index (χ1n) is 6.23. The molecule has 0 saturated heterocycles. The predicted octanol–water partition coefficient (Wildman–Crippen LogP) is 1.25. The average Bonchev–Trinajstić information content (AvgIpc) is 2.42. The lowest BCUT2D eigenvalue weighted by Crippen LogP contribution is -2.25. The van der Waals surface area contributed by atoms with Gasteiger partial charge in [0.1, 0.15) is 6.61 Å². The van der Waals surface area contributed by atoms with E-state index in [4.69, 9.17) is 5.11 Å². The standard InChI is InChI=1S/C14H19NO3S/c1-2-3-11-19(17,18)15-12-14-8-6-13(7-9-14)5-4-10-16/h6-9,15-16H,2-3,10-12H2,1H3. The van der Waals surface area contributed by atoms with Crippen molar-refractivity contribution in [2.75, 3.05) is 12.4 Å². The molecular formula is C14H19NO3S. The van der Waals surface area contributed by atoms with Crippen LogP contribution in [0.2, 0.25) is 0 Å². The van der Waals surface area contributed by atoms with Crippen LogP contribution in [-0.4, -0.2) is 25.9 Å². The predicted molar refractivity (Wildman–Crippen MR) is 75.9 cm³/mol. The van der Waals surface area contributed by atoms with E-state index in [1.807, 2.05) is 19.1 Å². The van der Waals surface area contributed by atoms with E-state index in [0.717, 1.165) is 17.5 Å². The van der Waals surface area contributed by atoms with Gasteiger partial charge in [0.25, 0.3) is 0 Å². The molecule has 19 heavy (non-hydrogen) atoms. The van der Waals surface area contributed by atoms with E-state index < -0.39 is 10.0 Å². The molecule has 1 aromatic rings. The molecule has 4 nitrogen and oxygen atoms in total. The van der Waals surface area contributed by atoms with Crippen LogP contribution in [0, 0.1) is 11.8 Å². The molecule has 0 unspecified atom stereocenters.